The number of aliphatic hydroxyl groups is 1. The van der Waals surface area contributed by atoms with E-state index in [0.29, 0.717) is 17.7 Å². The standard InChI is InChI=1S/C12H13N3O3S/c16-6-12(3-4-12)5-13-8-1-2-9-10(14-7-19-9)11(8)15(17)18/h1-2,7,13,16H,3-6H2. The smallest absolute Gasteiger partial charge is 0.319 e. The zero-order chi connectivity index (χ0) is 13.5. The first kappa shape index (κ1) is 12.3. The highest BCUT2D eigenvalue weighted by molar-refractivity contribution is 7.16. The predicted molar refractivity (Wildman–Crippen MR) is 73.5 cm³/mol. The van der Waals surface area contributed by atoms with Crippen molar-refractivity contribution in [3.05, 3.63) is 27.8 Å². The molecule has 6 nitrogen and oxygen atoms in total. The van der Waals surface area contributed by atoms with Crippen molar-refractivity contribution in [3.63, 3.8) is 0 Å². The van der Waals surface area contributed by atoms with Crippen LogP contribution in [0.25, 0.3) is 10.2 Å². The number of nitro groups is 1. The van der Waals surface area contributed by atoms with E-state index in [2.05, 4.69) is 10.3 Å². The van der Waals surface area contributed by atoms with Gasteiger partial charge in [-0.15, -0.1) is 11.3 Å². The third kappa shape index (κ3) is 2.15. The number of fused-ring (bicyclic) bond motifs is 1. The molecule has 0 amide bonds. The van der Waals surface area contributed by atoms with Crippen molar-refractivity contribution in [1.82, 2.24) is 4.98 Å². The van der Waals surface area contributed by atoms with E-state index in [0.717, 1.165) is 17.5 Å². The molecule has 1 heterocycles. The molecule has 0 aliphatic heterocycles. The maximum atomic E-state index is 11.2. The SMILES string of the molecule is O=[N+]([O-])c1c(NCC2(CO)CC2)ccc2scnc12. The number of nitrogens with zero attached hydrogens (tertiary/aromatic N) is 2. The number of aliphatic hydroxyl groups excluding tert-OH is 1. The van der Waals surface area contributed by atoms with E-state index in [9.17, 15) is 15.2 Å². The summed E-state index contributed by atoms with van der Waals surface area (Å²) in [6.45, 7) is 0.673. The highest BCUT2D eigenvalue weighted by atomic mass is 32.1. The van der Waals surface area contributed by atoms with Gasteiger partial charge in [-0.2, -0.15) is 0 Å². The van der Waals surface area contributed by atoms with Crippen molar-refractivity contribution in [2.24, 2.45) is 5.41 Å². The van der Waals surface area contributed by atoms with Crippen molar-refractivity contribution < 1.29 is 10.0 Å². The first-order valence-corrected chi connectivity index (χ1v) is 6.88. The van der Waals surface area contributed by atoms with Crippen LogP contribution in [0, 0.1) is 15.5 Å². The van der Waals surface area contributed by atoms with Crippen molar-refractivity contribution in [2.75, 3.05) is 18.5 Å². The van der Waals surface area contributed by atoms with E-state index in [1.807, 2.05) is 6.07 Å². The van der Waals surface area contributed by atoms with Crippen molar-refractivity contribution in [3.8, 4) is 0 Å². The van der Waals surface area contributed by atoms with Crippen molar-refractivity contribution in [2.45, 2.75) is 12.8 Å². The first-order chi connectivity index (χ1) is 9.15. The number of anilines is 1. The molecule has 1 aliphatic rings. The monoisotopic (exact) mass is 279 g/mol. The molecule has 1 saturated carbocycles. The molecule has 1 aromatic carbocycles. The minimum atomic E-state index is -0.400. The van der Waals surface area contributed by atoms with E-state index in [4.69, 9.17) is 0 Å². The van der Waals surface area contributed by atoms with Crippen molar-refractivity contribution >= 4 is 32.9 Å². The minimum absolute atomic E-state index is 0.0208. The van der Waals surface area contributed by atoms with E-state index >= 15 is 0 Å². The third-order valence-electron chi connectivity index (χ3n) is 3.60. The molecule has 0 bridgehead atoms. The Labute approximate surface area is 113 Å². The number of hydrogen-bond acceptors (Lipinski definition) is 6. The number of benzene rings is 1. The lowest BCUT2D eigenvalue weighted by Gasteiger charge is -2.13. The molecule has 2 N–H and O–H groups in total. The summed E-state index contributed by atoms with van der Waals surface area (Å²) >= 11 is 1.38. The van der Waals surface area contributed by atoms with E-state index in [1.165, 1.54) is 11.3 Å². The van der Waals surface area contributed by atoms with Gasteiger partial charge in [0.05, 0.1) is 21.7 Å². The summed E-state index contributed by atoms with van der Waals surface area (Å²) in [4.78, 5) is 14.9. The molecule has 0 atom stereocenters. The number of hydrogen-bond donors (Lipinski definition) is 2. The van der Waals surface area contributed by atoms with Crippen LogP contribution in [0.4, 0.5) is 11.4 Å². The maximum absolute atomic E-state index is 11.2. The number of nitrogens with one attached hydrogen (secondary N) is 1. The van der Waals surface area contributed by atoms with Crippen LogP contribution in [0.5, 0.6) is 0 Å². The molecule has 1 aromatic heterocycles. The zero-order valence-corrected chi connectivity index (χ0v) is 10.9. The Bertz CT molecular complexity index is 636. The molecular weight excluding hydrogens is 266 g/mol. The van der Waals surface area contributed by atoms with Crippen molar-refractivity contribution in [1.29, 1.82) is 0 Å². The zero-order valence-electron chi connectivity index (χ0n) is 10.1. The van der Waals surface area contributed by atoms with Gasteiger partial charge in [-0.05, 0) is 25.0 Å². The topological polar surface area (TPSA) is 88.3 Å². The molecule has 1 fully saturated rings. The molecule has 3 rings (SSSR count). The quantitative estimate of drug-likeness (QED) is 0.648. The highest BCUT2D eigenvalue weighted by Crippen LogP contribution is 2.45. The summed E-state index contributed by atoms with van der Waals surface area (Å²) in [7, 11) is 0. The molecular formula is C12H13N3O3S. The van der Waals surface area contributed by atoms with Gasteiger partial charge in [0.25, 0.3) is 0 Å². The van der Waals surface area contributed by atoms with E-state index < -0.39 is 4.92 Å². The van der Waals surface area contributed by atoms with Crippen LogP contribution in [0.3, 0.4) is 0 Å². The Morgan fingerprint density at radius 1 is 1.53 bits per heavy atom. The fraction of sp³-hybridized carbons (Fsp3) is 0.417. The second-order valence-electron chi connectivity index (χ2n) is 4.93. The van der Waals surface area contributed by atoms with Crippen LogP contribution in [0.1, 0.15) is 12.8 Å². The molecule has 7 heteroatoms. The average molecular weight is 279 g/mol. The van der Waals surface area contributed by atoms with Gasteiger partial charge in [0.15, 0.2) is 5.52 Å². The van der Waals surface area contributed by atoms with Gasteiger partial charge in [0, 0.05) is 12.0 Å². The number of aromatic nitrogens is 1. The highest BCUT2D eigenvalue weighted by Gasteiger charge is 2.42. The van der Waals surface area contributed by atoms with Gasteiger partial charge in [-0.3, -0.25) is 10.1 Å². The lowest BCUT2D eigenvalue weighted by Crippen LogP contribution is -2.19. The molecule has 0 spiro atoms. The Kier molecular flexibility index (Phi) is 2.87. The fourth-order valence-electron chi connectivity index (χ4n) is 2.09. The van der Waals surface area contributed by atoms with Gasteiger partial charge in [0.1, 0.15) is 5.69 Å². The molecule has 2 aromatic rings. The largest absolute Gasteiger partial charge is 0.396 e. The van der Waals surface area contributed by atoms with Crippen LogP contribution in [-0.2, 0) is 0 Å². The Morgan fingerprint density at radius 2 is 2.32 bits per heavy atom. The number of thiazole rings is 1. The Balaban J connectivity index is 1.93. The summed E-state index contributed by atoms with van der Waals surface area (Å²) in [5.41, 5.74) is 2.44. The van der Waals surface area contributed by atoms with Gasteiger partial charge < -0.3 is 10.4 Å². The molecule has 0 unspecified atom stereocenters. The molecule has 0 radical (unpaired) electrons. The molecule has 19 heavy (non-hydrogen) atoms. The Hall–Kier alpha value is -1.73. The lowest BCUT2D eigenvalue weighted by atomic mass is 10.1. The van der Waals surface area contributed by atoms with Crippen LogP contribution in [0.15, 0.2) is 17.6 Å². The van der Waals surface area contributed by atoms with Crippen LogP contribution < -0.4 is 5.32 Å². The van der Waals surface area contributed by atoms with Crippen LogP contribution >= 0.6 is 11.3 Å². The van der Waals surface area contributed by atoms with Gasteiger partial charge in [-0.1, -0.05) is 0 Å². The summed E-state index contributed by atoms with van der Waals surface area (Å²) in [6, 6.07) is 3.55. The van der Waals surface area contributed by atoms with Gasteiger partial charge >= 0.3 is 5.69 Å². The van der Waals surface area contributed by atoms with Crippen LogP contribution in [0.2, 0.25) is 0 Å². The van der Waals surface area contributed by atoms with Gasteiger partial charge in [0.2, 0.25) is 0 Å². The number of rotatable bonds is 5. The summed E-state index contributed by atoms with van der Waals surface area (Å²) in [6.07, 6.45) is 1.92. The Morgan fingerprint density at radius 3 is 2.95 bits per heavy atom. The third-order valence-corrected chi connectivity index (χ3v) is 4.40. The fourth-order valence-corrected chi connectivity index (χ4v) is 2.77. The van der Waals surface area contributed by atoms with E-state index in [-0.39, 0.29) is 17.7 Å². The molecule has 100 valence electrons. The average Bonchev–Trinajstić information content (AvgIpc) is 3.03. The normalized spacial score (nSPS) is 16.5. The van der Waals surface area contributed by atoms with Crippen LogP contribution in [-0.4, -0.2) is 28.2 Å². The van der Waals surface area contributed by atoms with Gasteiger partial charge in [-0.25, -0.2) is 4.98 Å². The number of nitro benzene ring substituents is 1. The molecule has 1 aliphatic carbocycles. The second-order valence-corrected chi connectivity index (χ2v) is 5.82. The summed E-state index contributed by atoms with van der Waals surface area (Å²) in [5, 5.41) is 23.6. The second kappa shape index (κ2) is 4.43. The summed E-state index contributed by atoms with van der Waals surface area (Å²) < 4.78 is 0.806. The maximum Gasteiger partial charge on any atom is 0.319 e. The minimum Gasteiger partial charge on any atom is -0.396 e. The van der Waals surface area contributed by atoms with E-state index in [1.54, 1.807) is 11.6 Å². The predicted octanol–water partition coefficient (Wildman–Crippen LogP) is 2.39. The molecule has 0 saturated heterocycles. The summed E-state index contributed by atoms with van der Waals surface area (Å²) in [5.74, 6) is 0. The lowest BCUT2D eigenvalue weighted by molar-refractivity contribution is -0.382. The first-order valence-electron chi connectivity index (χ1n) is 6.01.